The van der Waals surface area contributed by atoms with Gasteiger partial charge in [0.25, 0.3) is 5.91 Å². The van der Waals surface area contributed by atoms with Crippen LogP contribution in [0, 0.1) is 6.92 Å². The van der Waals surface area contributed by atoms with Crippen LogP contribution in [0.25, 0.3) is 0 Å². The minimum Gasteiger partial charge on any atom is -0.495 e. The van der Waals surface area contributed by atoms with Crippen molar-refractivity contribution >= 4 is 17.5 Å². The van der Waals surface area contributed by atoms with Gasteiger partial charge in [0, 0.05) is 37.9 Å². The molecule has 1 aromatic carbocycles. The molecule has 7 heteroatoms. The van der Waals surface area contributed by atoms with E-state index in [2.05, 4.69) is 26.3 Å². The van der Waals surface area contributed by atoms with Gasteiger partial charge in [-0.3, -0.25) is 4.79 Å². The summed E-state index contributed by atoms with van der Waals surface area (Å²) in [5.41, 5.74) is 2.35. The zero-order valence-corrected chi connectivity index (χ0v) is 15.8. The van der Waals surface area contributed by atoms with Crippen molar-refractivity contribution in [1.82, 2.24) is 14.9 Å². The second-order valence-electron chi connectivity index (χ2n) is 7.09. The van der Waals surface area contributed by atoms with Gasteiger partial charge in [0.15, 0.2) is 0 Å². The summed E-state index contributed by atoms with van der Waals surface area (Å²) < 4.78 is 5.46. The van der Waals surface area contributed by atoms with Gasteiger partial charge in [-0.1, -0.05) is 12.1 Å². The number of methoxy groups -OCH3 is 1. The molecule has 27 heavy (non-hydrogen) atoms. The van der Waals surface area contributed by atoms with Gasteiger partial charge < -0.3 is 19.9 Å². The Morgan fingerprint density at radius 3 is 2.59 bits per heavy atom. The van der Waals surface area contributed by atoms with E-state index in [0.29, 0.717) is 30.8 Å². The van der Waals surface area contributed by atoms with Crippen LogP contribution in [0.15, 0.2) is 30.3 Å². The van der Waals surface area contributed by atoms with Gasteiger partial charge in [0.1, 0.15) is 11.4 Å². The molecule has 7 nitrogen and oxygen atoms in total. The minimum atomic E-state index is -0.0287. The molecule has 2 fully saturated rings. The topological polar surface area (TPSA) is 70.6 Å². The number of piperazine rings is 1. The van der Waals surface area contributed by atoms with Crippen molar-refractivity contribution < 1.29 is 9.53 Å². The van der Waals surface area contributed by atoms with Crippen LogP contribution < -0.4 is 15.0 Å². The molecule has 2 aliphatic rings. The zero-order chi connectivity index (χ0) is 18.8. The number of ether oxygens (including phenoxy) is 1. The van der Waals surface area contributed by atoms with E-state index in [1.807, 2.05) is 30.0 Å². The number of hydrogen-bond donors (Lipinski definition) is 1. The van der Waals surface area contributed by atoms with Crippen LogP contribution in [-0.4, -0.2) is 60.1 Å². The van der Waals surface area contributed by atoms with Crippen LogP contribution in [0.1, 0.15) is 29.0 Å². The number of nitrogens with zero attached hydrogens (tertiary/aromatic N) is 4. The lowest BCUT2D eigenvalue weighted by molar-refractivity contribution is 0.0740. The Labute approximate surface area is 159 Å². The van der Waals surface area contributed by atoms with Crippen molar-refractivity contribution in [2.75, 3.05) is 43.5 Å². The lowest BCUT2D eigenvalue weighted by Gasteiger charge is -2.36. The number of aryl methyl sites for hydroxylation is 1. The average Bonchev–Trinajstić information content (AvgIpc) is 3.51. The highest BCUT2D eigenvalue weighted by atomic mass is 16.5. The van der Waals surface area contributed by atoms with Gasteiger partial charge >= 0.3 is 0 Å². The summed E-state index contributed by atoms with van der Waals surface area (Å²) in [7, 11) is 1.68. The van der Waals surface area contributed by atoms with Gasteiger partial charge in [-0.05, 0) is 38.0 Å². The normalized spacial score (nSPS) is 17.0. The van der Waals surface area contributed by atoms with Crippen molar-refractivity contribution in [3.63, 3.8) is 0 Å². The number of para-hydroxylation sites is 2. The number of amides is 1. The summed E-state index contributed by atoms with van der Waals surface area (Å²) in [5.74, 6) is 1.40. The number of benzene rings is 1. The molecule has 1 aromatic heterocycles. The van der Waals surface area contributed by atoms with E-state index in [4.69, 9.17) is 4.74 Å². The molecule has 1 aliphatic carbocycles. The van der Waals surface area contributed by atoms with Gasteiger partial charge in [-0.15, -0.1) is 0 Å². The van der Waals surface area contributed by atoms with E-state index in [1.54, 1.807) is 13.2 Å². The molecule has 0 unspecified atom stereocenters. The monoisotopic (exact) mass is 367 g/mol. The molecule has 1 saturated heterocycles. The standard InChI is InChI=1S/C20H25N5O2/c1-14-13-16(23-20(21-14)22-15-7-8-15)19(26)25-11-9-24(10-12-25)17-5-3-4-6-18(17)27-2/h3-6,13,15H,7-12H2,1-2H3,(H,21,22,23). The van der Waals surface area contributed by atoms with Crippen molar-refractivity contribution in [1.29, 1.82) is 0 Å². The van der Waals surface area contributed by atoms with Gasteiger partial charge in [0.2, 0.25) is 5.95 Å². The highest BCUT2D eigenvalue weighted by molar-refractivity contribution is 5.93. The Bertz CT molecular complexity index is 829. The summed E-state index contributed by atoms with van der Waals surface area (Å²) in [6.45, 7) is 4.75. The number of aromatic nitrogens is 2. The maximum absolute atomic E-state index is 12.9. The fourth-order valence-corrected chi connectivity index (χ4v) is 3.36. The number of carbonyl (C=O) groups is 1. The molecule has 1 aliphatic heterocycles. The smallest absolute Gasteiger partial charge is 0.272 e. The number of nitrogens with one attached hydrogen (secondary N) is 1. The van der Waals surface area contributed by atoms with E-state index in [-0.39, 0.29) is 5.91 Å². The molecule has 4 rings (SSSR count). The maximum atomic E-state index is 12.9. The first-order valence-corrected chi connectivity index (χ1v) is 9.43. The summed E-state index contributed by atoms with van der Waals surface area (Å²) in [5, 5.41) is 3.28. The number of hydrogen-bond acceptors (Lipinski definition) is 6. The molecule has 1 saturated carbocycles. The minimum absolute atomic E-state index is 0.0287. The molecule has 0 bridgehead atoms. The first-order valence-electron chi connectivity index (χ1n) is 9.43. The van der Waals surface area contributed by atoms with Crippen LogP contribution in [0.4, 0.5) is 11.6 Å². The Hall–Kier alpha value is -2.83. The molecule has 0 atom stereocenters. The fourth-order valence-electron chi connectivity index (χ4n) is 3.36. The lowest BCUT2D eigenvalue weighted by atomic mass is 10.2. The van der Waals surface area contributed by atoms with Crippen LogP contribution in [0.2, 0.25) is 0 Å². The highest BCUT2D eigenvalue weighted by Crippen LogP contribution is 2.28. The van der Waals surface area contributed by atoms with E-state index >= 15 is 0 Å². The first kappa shape index (κ1) is 17.6. The molecule has 2 heterocycles. The second kappa shape index (κ2) is 7.42. The fraction of sp³-hybridized carbons (Fsp3) is 0.450. The second-order valence-corrected chi connectivity index (χ2v) is 7.09. The van der Waals surface area contributed by atoms with Crippen molar-refractivity contribution in [2.45, 2.75) is 25.8 Å². The van der Waals surface area contributed by atoms with Crippen LogP contribution in [0.3, 0.4) is 0 Å². The predicted octanol–water partition coefficient (Wildman–Crippen LogP) is 2.33. The molecule has 2 aromatic rings. The largest absolute Gasteiger partial charge is 0.495 e. The lowest BCUT2D eigenvalue weighted by Crippen LogP contribution is -2.49. The van der Waals surface area contributed by atoms with Crippen molar-refractivity contribution in [3.05, 3.63) is 41.7 Å². The number of anilines is 2. The number of carbonyl (C=O) groups excluding carboxylic acids is 1. The summed E-state index contributed by atoms with van der Waals surface area (Å²) in [4.78, 5) is 25.9. The van der Waals surface area contributed by atoms with Gasteiger partial charge in [0.05, 0.1) is 12.8 Å². The van der Waals surface area contributed by atoms with Crippen LogP contribution >= 0.6 is 0 Å². The highest BCUT2D eigenvalue weighted by Gasteiger charge is 2.26. The van der Waals surface area contributed by atoms with Crippen LogP contribution in [-0.2, 0) is 0 Å². The van der Waals surface area contributed by atoms with Gasteiger partial charge in [-0.25, -0.2) is 9.97 Å². The summed E-state index contributed by atoms with van der Waals surface area (Å²) in [6.07, 6.45) is 2.29. The predicted molar refractivity (Wildman–Crippen MR) is 105 cm³/mol. The summed E-state index contributed by atoms with van der Waals surface area (Å²) in [6, 6.07) is 10.2. The van der Waals surface area contributed by atoms with Gasteiger partial charge in [-0.2, -0.15) is 0 Å². The molecular weight excluding hydrogens is 342 g/mol. The molecule has 1 amide bonds. The Kier molecular flexibility index (Phi) is 4.83. The molecule has 142 valence electrons. The quantitative estimate of drug-likeness (QED) is 0.875. The van der Waals surface area contributed by atoms with E-state index in [1.165, 1.54) is 0 Å². The third-order valence-electron chi connectivity index (χ3n) is 4.98. The average molecular weight is 367 g/mol. The van der Waals surface area contributed by atoms with E-state index in [0.717, 1.165) is 43.1 Å². The Morgan fingerprint density at radius 1 is 1.15 bits per heavy atom. The summed E-state index contributed by atoms with van der Waals surface area (Å²) >= 11 is 0. The van der Waals surface area contributed by atoms with E-state index < -0.39 is 0 Å². The Morgan fingerprint density at radius 2 is 1.89 bits per heavy atom. The third kappa shape index (κ3) is 3.97. The Balaban J connectivity index is 1.43. The third-order valence-corrected chi connectivity index (χ3v) is 4.98. The molecule has 0 radical (unpaired) electrons. The van der Waals surface area contributed by atoms with Crippen LogP contribution in [0.5, 0.6) is 5.75 Å². The molecule has 1 N–H and O–H groups in total. The molecular formula is C20H25N5O2. The maximum Gasteiger partial charge on any atom is 0.272 e. The van der Waals surface area contributed by atoms with Crippen molar-refractivity contribution in [2.24, 2.45) is 0 Å². The van der Waals surface area contributed by atoms with E-state index in [9.17, 15) is 4.79 Å². The SMILES string of the molecule is COc1ccccc1N1CCN(C(=O)c2cc(C)nc(NC3CC3)n2)CC1. The first-order chi connectivity index (χ1) is 13.1. The van der Waals surface area contributed by atoms with Crippen molar-refractivity contribution in [3.8, 4) is 5.75 Å². The zero-order valence-electron chi connectivity index (χ0n) is 15.8. The number of rotatable bonds is 5. The molecule has 0 spiro atoms.